The van der Waals surface area contributed by atoms with Crippen molar-refractivity contribution in [3.05, 3.63) is 35.4 Å². The Labute approximate surface area is 127 Å². The second kappa shape index (κ2) is 6.94. The number of nitrogens with zero attached hydrogens (tertiary/aromatic N) is 2. The number of nitrogens with two attached hydrogens (primary N) is 1. The van der Waals surface area contributed by atoms with E-state index in [1.54, 1.807) is 0 Å². The van der Waals surface area contributed by atoms with E-state index >= 15 is 0 Å². The van der Waals surface area contributed by atoms with E-state index < -0.39 is 0 Å². The highest BCUT2D eigenvalue weighted by Gasteiger charge is 2.23. The van der Waals surface area contributed by atoms with E-state index in [1.165, 1.54) is 11.1 Å². The van der Waals surface area contributed by atoms with Crippen LogP contribution >= 0.6 is 0 Å². The number of hydrogen-bond acceptors (Lipinski definition) is 3. The molecular weight excluding hydrogens is 262 g/mol. The third kappa shape index (κ3) is 4.21. The fraction of sp³-hybridized carbons (Fsp3) is 0.588. The van der Waals surface area contributed by atoms with Crippen LogP contribution in [0.3, 0.4) is 0 Å². The van der Waals surface area contributed by atoms with Gasteiger partial charge in [0, 0.05) is 18.5 Å². The highest BCUT2D eigenvalue weighted by atomic mass is 16.4. The van der Waals surface area contributed by atoms with Crippen molar-refractivity contribution in [3.63, 3.8) is 0 Å². The van der Waals surface area contributed by atoms with Crippen molar-refractivity contribution in [2.45, 2.75) is 39.5 Å². The molecule has 1 aromatic carbocycles. The molecule has 0 amide bonds. The van der Waals surface area contributed by atoms with Crippen molar-refractivity contribution >= 4 is 5.84 Å². The van der Waals surface area contributed by atoms with Gasteiger partial charge < -0.3 is 15.8 Å². The molecular formula is C17H27N3O. The third-order valence-electron chi connectivity index (χ3n) is 4.59. The van der Waals surface area contributed by atoms with Gasteiger partial charge in [-0.25, -0.2) is 0 Å². The maximum Gasteiger partial charge on any atom is 0.144 e. The van der Waals surface area contributed by atoms with E-state index in [2.05, 4.69) is 34.3 Å². The number of rotatable bonds is 5. The van der Waals surface area contributed by atoms with Gasteiger partial charge in [0.05, 0.1) is 0 Å². The van der Waals surface area contributed by atoms with Gasteiger partial charge in [-0.1, -0.05) is 43.3 Å². The van der Waals surface area contributed by atoms with E-state index in [0.717, 1.165) is 45.3 Å². The van der Waals surface area contributed by atoms with Crippen LogP contribution in [-0.2, 0) is 12.8 Å². The van der Waals surface area contributed by atoms with Crippen molar-refractivity contribution in [1.29, 1.82) is 0 Å². The van der Waals surface area contributed by atoms with Crippen LogP contribution in [0.4, 0.5) is 0 Å². The molecule has 1 aliphatic heterocycles. The fourth-order valence-electron chi connectivity index (χ4n) is 2.95. The average Bonchev–Trinajstić information content (AvgIpc) is 2.69. The van der Waals surface area contributed by atoms with Gasteiger partial charge in [0.25, 0.3) is 0 Å². The summed E-state index contributed by atoms with van der Waals surface area (Å²) in [5, 5.41) is 12.0. The van der Waals surface area contributed by atoms with Gasteiger partial charge in [0.15, 0.2) is 0 Å². The highest BCUT2D eigenvalue weighted by Crippen LogP contribution is 2.23. The number of oxime groups is 1. The Morgan fingerprint density at radius 1 is 1.24 bits per heavy atom. The molecule has 0 spiro atoms. The normalized spacial score (nSPS) is 17.3. The van der Waals surface area contributed by atoms with Crippen LogP contribution in [0.5, 0.6) is 0 Å². The minimum atomic E-state index is -0.233. The van der Waals surface area contributed by atoms with E-state index in [1.807, 2.05) is 13.8 Å². The summed E-state index contributed by atoms with van der Waals surface area (Å²) in [5.41, 5.74) is 8.50. The molecule has 0 saturated heterocycles. The molecule has 0 aliphatic carbocycles. The summed E-state index contributed by atoms with van der Waals surface area (Å²) in [6.07, 6.45) is 4.28. The lowest BCUT2D eigenvalue weighted by Crippen LogP contribution is -2.34. The van der Waals surface area contributed by atoms with Crippen LogP contribution in [-0.4, -0.2) is 35.6 Å². The van der Waals surface area contributed by atoms with Crippen LogP contribution < -0.4 is 5.73 Å². The molecule has 0 saturated carbocycles. The Kier molecular flexibility index (Phi) is 5.23. The minimum absolute atomic E-state index is 0.233. The van der Waals surface area contributed by atoms with E-state index in [4.69, 9.17) is 10.9 Å². The first kappa shape index (κ1) is 15.8. The SMILES string of the molecule is CC(C)(CCCN1CCc2ccccc2CC1)C(N)=NO. The maximum atomic E-state index is 8.81. The summed E-state index contributed by atoms with van der Waals surface area (Å²) in [5.74, 6) is 0.325. The van der Waals surface area contributed by atoms with Gasteiger partial charge in [-0.3, -0.25) is 0 Å². The molecule has 4 heteroatoms. The highest BCUT2D eigenvalue weighted by molar-refractivity contribution is 5.85. The molecule has 0 unspecified atom stereocenters. The molecule has 0 aromatic heterocycles. The average molecular weight is 289 g/mol. The zero-order chi connectivity index (χ0) is 15.3. The smallest absolute Gasteiger partial charge is 0.144 e. The molecule has 0 atom stereocenters. The number of benzene rings is 1. The Morgan fingerprint density at radius 3 is 2.33 bits per heavy atom. The van der Waals surface area contributed by atoms with Crippen molar-refractivity contribution in [3.8, 4) is 0 Å². The first-order valence-corrected chi connectivity index (χ1v) is 7.80. The predicted octanol–water partition coefficient (Wildman–Crippen LogP) is 2.64. The van der Waals surface area contributed by atoms with Crippen molar-refractivity contribution in [2.24, 2.45) is 16.3 Å². The number of fused-ring (bicyclic) bond motifs is 1. The third-order valence-corrected chi connectivity index (χ3v) is 4.59. The van der Waals surface area contributed by atoms with Crippen molar-refractivity contribution in [1.82, 2.24) is 4.90 Å². The zero-order valence-electron chi connectivity index (χ0n) is 13.2. The van der Waals surface area contributed by atoms with Crippen LogP contribution in [0.1, 0.15) is 37.8 Å². The predicted molar refractivity (Wildman–Crippen MR) is 86.7 cm³/mol. The van der Waals surface area contributed by atoms with E-state index in [0.29, 0.717) is 5.84 Å². The van der Waals surface area contributed by atoms with E-state index in [-0.39, 0.29) is 5.41 Å². The Morgan fingerprint density at radius 2 is 1.81 bits per heavy atom. The Hall–Kier alpha value is -1.55. The van der Waals surface area contributed by atoms with Crippen molar-refractivity contribution in [2.75, 3.05) is 19.6 Å². The summed E-state index contributed by atoms with van der Waals surface area (Å²) in [7, 11) is 0. The number of amidine groups is 1. The summed E-state index contributed by atoms with van der Waals surface area (Å²) < 4.78 is 0. The molecule has 1 aliphatic rings. The van der Waals surface area contributed by atoms with Gasteiger partial charge in [0.2, 0.25) is 0 Å². The summed E-state index contributed by atoms with van der Waals surface area (Å²) in [6, 6.07) is 8.77. The molecule has 0 bridgehead atoms. The van der Waals surface area contributed by atoms with Crippen LogP contribution in [0.2, 0.25) is 0 Å². The van der Waals surface area contributed by atoms with Crippen LogP contribution in [0, 0.1) is 5.41 Å². The monoisotopic (exact) mass is 289 g/mol. The molecule has 1 heterocycles. The molecule has 1 aromatic rings. The lowest BCUT2D eigenvalue weighted by atomic mass is 9.86. The first-order chi connectivity index (χ1) is 10.0. The maximum absolute atomic E-state index is 8.81. The summed E-state index contributed by atoms with van der Waals surface area (Å²) in [4.78, 5) is 2.53. The lowest BCUT2D eigenvalue weighted by Gasteiger charge is -2.25. The molecule has 21 heavy (non-hydrogen) atoms. The molecule has 116 valence electrons. The summed E-state index contributed by atoms with van der Waals surface area (Å²) >= 11 is 0. The summed E-state index contributed by atoms with van der Waals surface area (Å²) in [6.45, 7) is 7.39. The Balaban J connectivity index is 1.81. The molecule has 0 radical (unpaired) electrons. The first-order valence-electron chi connectivity index (χ1n) is 7.80. The number of hydrogen-bond donors (Lipinski definition) is 2. The van der Waals surface area contributed by atoms with Gasteiger partial charge in [-0.05, 0) is 43.4 Å². The van der Waals surface area contributed by atoms with E-state index in [9.17, 15) is 0 Å². The second-order valence-corrected chi connectivity index (χ2v) is 6.58. The standard InChI is InChI=1S/C17H27N3O/c1-17(2,16(18)19-21)10-5-11-20-12-8-14-6-3-4-7-15(14)9-13-20/h3-4,6-7,21H,5,8-13H2,1-2H3,(H2,18,19). The van der Waals surface area contributed by atoms with Gasteiger partial charge in [-0.15, -0.1) is 0 Å². The van der Waals surface area contributed by atoms with Crippen LogP contribution in [0.15, 0.2) is 29.4 Å². The fourth-order valence-corrected chi connectivity index (χ4v) is 2.95. The second-order valence-electron chi connectivity index (χ2n) is 6.58. The molecule has 3 N–H and O–H groups in total. The van der Waals surface area contributed by atoms with Crippen LogP contribution in [0.25, 0.3) is 0 Å². The molecule has 0 fully saturated rings. The van der Waals surface area contributed by atoms with Gasteiger partial charge in [0.1, 0.15) is 5.84 Å². The Bertz CT molecular complexity index is 470. The van der Waals surface area contributed by atoms with Gasteiger partial charge in [-0.2, -0.15) is 0 Å². The minimum Gasteiger partial charge on any atom is -0.409 e. The van der Waals surface area contributed by atoms with Gasteiger partial charge >= 0.3 is 0 Å². The van der Waals surface area contributed by atoms with Crippen molar-refractivity contribution < 1.29 is 5.21 Å². The largest absolute Gasteiger partial charge is 0.409 e. The zero-order valence-corrected chi connectivity index (χ0v) is 13.2. The quantitative estimate of drug-likeness (QED) is 0.379. The lowest BCUT2D eigenvalue weighted by molar-refractivity contribution is 0.264. The topological polar surface area (TPSA) is 61.8 Å². The molecule has 4 nitrogen and oxygen atoms in total. The molecule has 2 rings (SSSR count).